The zero-order valence-corrected chi connectivity index (χ0v) is 19.5. The van der Waals surface area contributed by atoms with Gasteiger partial charge in [-0.25, -0.2) is 13.6 Å². The van der Waals surface area contributed by atoms with Crippen molar-refractivity contribution in [2.24, 2.45) is 5.14 Å². The van der Waals surface area contributed by atoms with Crippen LogP contribution in [0.3, 0.4) is 0 Å². The first-order valence-electron chi connectivity index (χ1n) is 9.79. The maximum absolute atomic E-state index is 12.7. The number of benzene rings is 3. The Morgan fingerprint density at radius 2 is 1.45 bits per heavy atom. The van der Waals surface area contributed by atoms with Gasteiger partial charge < -0.3 is 9.47 Å². The molecule has 164 valence electrons. The lowest BCUT2D eigenvalue weighted by Gasteiger charge is -2.22. The lowest BCUT2D eigenvalue weighted by molar-refractivity contribution is 0.390. The van der Waals surface area contributed by atoms with Gasteiger partial charge in [0.2, 0.25) is 10.0 Å². The molecular weight excluding hydrogens is 434 g/mol. The highest BCUT2D eigenvalue weighted by atomic mass is 35.5. The number of hydrogen-bond acceptors (Lipinski definition) is 4. The Balaban J connectivity index is 2.31. The van der Waals surface area contributed by atoms with Crippen molar-refractivity contribution in [1.29, 1.82) is 0 Å². The molecule has 3 rings (SSSR count). The third-order valence-electron chi connectivity index (χ3n) is 5.21. The summed E-state index contributed by atoms with van der Waals surface area (Å²) in [5.41, 5.74) is 3.58. The Morgan fingerprint density at radius 3 is 2.00 bits per heavy atom. The van der Waals surface area contributed by atoms with Crippen LogP contribution in [0.1, 0.15) is 41.7 Å². The van der Waals surface area contributed by atoms with Crippen LogP contribution in [0.4, 0.5) is 0 Å². The fourth-order valence-corrected chi connectivity index (χ4v) is 4.96. The van der Waals surface area contributed by atoms with Crippen molar-refractivity contribution in [2.45, 2.75) is 25.0 Å². The molecule has 0 aliphatic rings. The van der Waals surface area contributed by atoms with Crippen molar-refractivity contribution < 1.29 is 17.9 Å². The van der Waals surface area contributed by atoms with Gasteiger partial charge in [0.1, 0.15) is 16.7 Å². The van der Waals surface area contributed by atoms with Gasteiger partial charge in [-0.15, -0.1) is 0 Å². The molecule has 0 saturated heterocycles. The molecule has 3 aromatic rings. The first kappa shape index (κ1) is 23.1. The first-order valence-corrected chi connectivity index (χ1v) is 11.8. The first-order chi connectivity index (χ1) is 14.7. The highest BCUT2D eigenvalue weighted by Gasteiger charge is 2.29. The number of hydrogen-bond donors (Lipinski definition) is 1. The lowest BCUT2D eigenvalue weighted by Crippen LogP contribution is -2.23. The van der Waals surface area contributed by atoms with Gasteiger partial charge in [0.05, 0.1) is 14.2 Å². The topological polar surface area (TPSA) is 78.6 Å². The molecule has 0 aliphatic heterocycles. The molecule has 31 heavy (non-hydrogen) atoms. The molecule has 0 spiro atoms. The van der Waals surface area contributed by atoms with E-state index < -0.39 is 15.3 Å². The van der Waals surface area contributed by atoms with E-state index in [4.69, 9.17) is 26.2 Å². The summed E-state index contributed by atoms with van der Waals surface area (Å²) in [6.45, 7) is 4.14. The van der Waals surface area contributed by atoms with E-state index in [1.54, 1.807) is 50.6 Å². The highest BCUT2D eigenvalue weighted by Crippen LogP contribution is 2.43. The molecular formula is C24H26ClNO4S. The SMILES string of the molecule is COc1cc(OC)c(C(C)C)cc1-c1ccccc1C(c1ccc(Cl)cc1)S(N)(=O)=O. The maximum atomic E-state index is 12.7. The van der Waals surface area contributed by atoms with E-state index in [0.717, 1.165) is 16.7 Å². The van der Waals surface area contributed by atoms with Crippen LogP contribution >= 0.6 is 11.6 Å². The number of ether oxygens (including phenoxy) is 2. The molecule has 0 aromatic heterocycles. The number of halogens is 1. The Bertz CT molecular complexity index is 1170. The van der Waals surface area contributed by atoms with Crippen LogP contribution in [0.2, 0.25) is 5.02 Å². The molecule has 0 radical (unpaired) electrons. The summed E-state index contributed by atoms with van der Waals surface area (Å²) >= 11 is 6.01. The summed E-state index contributed by atoms with van der Waals surface area (Å²) in [5, 5.41) is 5.17. The quantitative estimate of drug-likeness (QED) is 0.504. The summed E-state index contributed by atoms with van der Waals surface area (Å²) in [6.07, 6.45) is 0. The van der Waals surface area contributed by atoms with E-state index >= 15 is 0 Å². The number of sulfonamides is 1. The van der Waals surface area contributed by atoms with Crippen molar-refractivity contribution in [3.05, 3.63) is 82.4 Å². The smallest absolute Gasteiger partial charge is 0.220 e. The van der Waals surface area contributed by atoms with E-state index in [-0.39, 0.29) is 5.92 Å². The second-order valence-corrected chi connectivity index (χ2v) is 9.64. The van der Waals surface area contributed by atoms with E-state index in [2.05, 4.69) is 13.8 Å². The monoisotopic (exact) mass is 459 g/mol. The molecule has 3 aromatic carbocycles. The van der Waals surface area contributed by atoms with Gasteiger partial charge in [-0.2, -0.15) is 0 Å². The summed E-state index contributed by atoms with van der Waals surface area (Å²) in [6, 6.07) is 17.8. The Labute approximate surface area is 188 Å². The van der Waals surface area contributed by atoms with Gasteiger partial charge >= 0.3 is 0 Å². The van der Waals surface area contributed by atoms with E-state index in [0.29, 0.717) is 27.6 Å². The molecule has 0 amide bonds. The lowest BCUT2D eigenvalue weighted by atomic mass is 9.90. The van der Waals surface area contributed by atoms with Gasteiger partial charge in [-0.05, 0) is 46.4 Å². The largest absolute Gasteiger partial charge is 0.496 e. The molecule has 0 heterocycles. The average Bonchev–Trinajstić information content (AvgIpc) is 2.73. The van der Waals surface area contributed by atoms with Crippen LogP contribution in [0.25, 0.3) is 11.1 Å². The van der Waals surface area contributed by atoms with E-state index in [1.807, 2.05) is 24.3 Å². The van der Waals surface area contributed by atoms with Crippen molar-refractivity contribution in [3.8, 4) is 22.6 Å². The van der Waals surface area contributed by atoms with Crippen LogP contribution in [-0.2, 0) is 10.0 Å². The van der Waals surface area contributed by atoms with Crippen LogP contribution < -0.4 is 14.6 Å². The van der Waals surface area contributed by atoms with Crippen molar-refractivity contribution in [3.63, 3.8) is 0 Å². The van der Waals surface area contributed by atoms with Crippen LogP contribution in [0.5, 0.6) is 11.5 Å². The maximum Gasteiger partial charge on any atom is 0.220 e. The molecule has 7 heteroatoms. The fourth-order valence-electron chi connectivity index (χ4n) is 3.74. The zero-order chi connectivity index (χ0) is 22.8. The number of primary sulfonamides is 1. The summed E-state index contributed by atoms with van der Waals surface area (Å²) in [5.74, 6) is 1.49. The minimum absolute atomic E-state index is 0.192. The third-order valence-corrected chi connectivity index (χ3v) is 6.64. The highest BCUT2D eigenvalue weighted by molar-refractivity contribution is 7.89. The van der Waals surface area contributed by atoms with Crippen molar-refractivity contribution >= 4 is 21.6 Å². The van der Waals surface area contributed by atoms with Gasteiger partial charge in [0.25, 0.3) is 0 Å². The summed E-state index contributed by atoms with van der Waals surface area (Å²) in [7, 11) is -0.789. The van der Waals surface area contributed by atoms with Crippen LogP contribution in [-0.4, -0.2) is 22.6 Å². The molecule has 0 bridgehead atoms. The van der Waals surface area contributed by atoms with Crippen LogP contribution in [0.15, 0.2) is 60.7 Å². The summed E-state index contributed by atoms with van der Waals surface area (Å²) < 4.78 is 36.6. The number of rotatable bonds is 7. The Morgan fingerprint density at radius 1 is 0.839 bits per heavy atom. The summed E-state index contributed by atoms with van der Waals surface area (Å²) in [4.78, 5) is 0. The number of nitrogens with two attached hydrogens (primary N) is 1. The Hall–Kier alpha value is -2.54. The van der Waals surface area contributed by atoms with Crippen molar-refractivity contribution in [1.82, 2.24) is 0 Å². The Kier molecular flexibility index (Phi) is 6.94. The van der Waals surface area contributed by atoms with Gasteiger partial charge in [-0.1, -0.05) is 61.8 Å². The van der Waals surface area contributed by atoms with E-state index in [9.17, 15) is 8.42 Å². The van der Waals surface area contributed by atoms with E-state index in [1.165, 1.54) is 0 Å². The molecule has 0 fully saturated rings. The van der Waals surface area contributed by atoms with Gasteiger partial charge in [0.15, 0.2) is 0 Å². The normalized spacial score (nSPS) is 12.6. The molecule has 1 atom stereocenters. The number of methoxy groups -OCH3 is 2. The minimum atomic E-state index is -3.98. The fraction of sp³-hybridized carbons (Fsp3) is 0.250. The molecule has 5 nitrogen and oxygen atoms in total. The van der Waals surface area contributed by atoms with Crippen LogP contribution in [0, 0.1) is 0 Å². The second-order valence-electron chi connectivity index (χ2n) is 7.56. The minimum Gasteiger partial charge on any atom is -0.496 e. The second kappa shape index (κ2) is 9.30. The van der Waals surface area contributed by atoms with Crippen molar-refractivity contribution in [2.75, 3.05) is 14.2 Å². The third kappa shape index (κ3) is 4.87. The molecule has 0 aliphatic carbocycles. The van der Waals surface area contributed by atoms with Gasteiger partial charge in [-0.3, -0.25) is 0 Å². The molecule has 1 unspecified atom stereocenters. The average molecular weight is 460 g/mol. The zero-order valence-electron chi connectivity index (χ0n) is 17.9. The molecule has 2 N–H and O–H groups in total. The predicted octanol–water partition coefficient (Wildman–Crippen LogP) is 5.53. The van der Waals surface area contributed by atoms with Gasteiger partial charge in [0, 0.05) is 16.7 Å². The standard InChI is InChI=1S/C24H26ClNO4S/c1-15(2)20-13-21(23(30-4)14-22(20)29-3)18-7-5-6-8-19(18)24(31(26,27)28)16-9-11-17(25)12-10-16/h5-15,24H,1-4H3,(H2,26,27,28). The molecule has 0 saturated carbocycles. The predicted molar refractivity (Wildman–Crippen MR) is 125 cm³/mol.